The highest BCUT2D eigenvalue weighted by Gasteiger charge is 2.11. The van der Waals surface area contributed by atoms with Crippen LogP contribution in [0.4, 0.5) is 5.69 Å². The Hall–Kier alpha value is -1.06. The van der Waals surface area contributed by atoms with Crippen molar-refractivity contribution in [3.8, 4) is 0 Å². The van der Waals surface area contributed by atoms with Crippen LogP contribution in [0, 0.1) is 0 Å². The van der Waals surface area contributed by atoms with Crippen molar-refractivity contribution in [2.45, 2.75) is 38.6 Å². The fourth-order valence-corrected chi connectivity index (χ4v) is 2.62. The topological polar surface area (TPSA) is 33.3 Å². The van der Waals surface area contributed by atoms with Gasteiger partial charge in [-0.1, -0.05) is 18.2 Å². The molecule has 3 nitrogen and oxygen atoms in total. The Balaban J connectivity index is 1.71. The molecule has 1 aromatic carbocycles. The lowest BCUT2D eigenvalue weighted by molar-refractivity contribution is 0.192. The van der Waals surface area contributed by atoms with E-state index in [1.165, 1.54) is 48.9 Å². The van der Waals surface area contributed by atoms with Crippen molar-refractivity contribution in [1.82, 2.24) is 5.32 Å². The molecule has 0 aliphatic carbocycles. The molecule has 0 saturated carbocycles. The Morgan fingerprint density at radius 2 is 2.21 bits per heavy atom. The van der Waals surface area contributed by atoms with Crippen LogP contribution in [0.15, 0.2) is 18.2 Å². The van der Waals surface area contributed by atoms with Crippen LogP contribution in [0.5, 0.6) is 0 Å². The number of hydrogen-bond acceptors (Lipinski definition) is 3. The van der Waals surface area contributed by atoms with E-state index in [9.17, 15) is 0 Å². The highest BCUT2D eigenvalue weighted by molar-refractivity contribution is 5.59. The summed E-state index contributed by atoms with van der Waals surface area (Å²) in [5.74, 6) is 0. The lowest BCUT2D eigenvalue weighted by Gasteiger charge is -2.21. The molecule has 3 heteroatoms. The quantitative estimate of drug-likeness (QED) is 0.707. The molecule has 1 aromatic rings. The molecule has 0 atom stereocenters. The van der Waals surface area contributed by atoms with E-state index in [0.717, 1.165) is 26.2 Å². The first kappa shape index (κ1) is 14.4. The molecular formula is C16H26N2O. The van der Waals surface area contributed by atoms with Crippen LogP contribution < -0.4 is 10.6 Å². The summed E-state index contributed by atoms with van der Waals surface area (Å²) in [4.78, 5) is 0. The van der Waals surface area contributed by atoms with Crippen LogP contribution in [0.25, 0.3) is 0 Å². The molecule has 0 unspecified atom stereocenters. The van der Waals surface area contributed by atoms with Gasteiger partial charge in [0.25, 0.3) is 0 Å². The van der Waals surface area contributed by atoms with Gasteiger partial charge in [0, 0.05) is 32.5 Å². The molecule has 19 heavy (non-hydrogen) atoms. The molecule has 0 aromatic heterocycles. The second-order valence-electron chi connectivity index (χ2n) is 5.21. The molecule has 0 spiro atoms. The third kappa shape index (κ3) is 4.51. The molecule has 0 amide bonds. The maximum Gasteiger partial charge on any atom is 0.0462 e. The molecular weight excluding hydrogens is 236 g/mol. The van der Waals surface area contributed by atoms with Gasteiger partial charge in [0.2, 0.25) is 0 Å². The van der Waals surface area contributed by atoms with Crippen molar-refractivity contribution in [3.63, 3.8) is 0 Å². The Labute approximate surface area is 116 Å². The van der Waals surface area contributed by atoms with Crippen molar-refractivity contribution in [2.24, 2.45) is 0 Å². The molecule has 0 saturated heterocycles. The number of para-hydroxylation sites is 1. The molecule has 1 heterocycles. The summed E-state index contributed by atoms with van der Waals surface area (Å²) in [6, 6.07) is 6.66. The first-order valence-corrected chi connectivity index (χ1v) is 7.46. The third-order valence-electron chi connectivity index (χ3n) is 3.68. The second kappa shape index (κ2) is 8.18. The fourth-order valence-electron chi connectivity index (χ4n) is 2.62. The van der Waals surface area contributed by atoms with Crippen molar-refractivity contribution in [2.75, 3.05) is 32.1 Å². The first-order chi connectivity index (χ1) is 9.42. The molecule has 2 rings (SSSR count). The standard InChI is InChI=1S/C16H26N2O/c1-19-12-4-2-3-10-17-13-15-8-5-7-14-9-6-11-18-16(14)15/h5,7-8,17-18H,2-4,6,9-13H2,1H3. The maximum absolute atomic E-state index is 5.05. The zero-order valence-electron chi connectivity index (χ0n) is 12.0. The van der Waals surface area contributed by atoms with Gasteiger partial charge < -0.3 is 15.4 Å². The van der Waals surface area contributed by atoms with Gasteiger partial charge in [-0.15, -0.1) is 0 Å². The van der Waals surface area contributed by atoms with Gasteiger partial charge in [-0.2, -0.15) is 0 Å². The number of methoxy groups -OCH3 is 1. The van der Waals surface area contributed by atoms with Crippen molar-refractivity contribution in [1.29, 1.82) is 0 Å². The van der Waals surface area contributed by atoms with Gasteiger partial charge >= 0.3 is 0 Å². The smallest absolute Gasteiger partial charge is 0.0462 e. The zero-order valence-corrected chi connectivity index (χ0v) is 12.0. The van der Waals surface area contributed by atoms with Gasteiger partial charge in [-0.05, 0) is 49.8 Å². The number of rotatable bonds is 8. The Kier molecular flexibility index (Phi) is 6.18. The maximum atomic E-state index is 5.05. The van der Waals surface area contributed by atoms with Crippen molar-refractivity contribution in [3.05, 3.63) is 29.3 Å². The summed E-state index contributed by atoms with van der Waals surface area (Å²) in [6.45, 7) is 4.06. The van der Waals surface area contributed by atoms with Crippen LogP contribution in [-0.2, 0) is 17.7 Å². The number of ether oxygens (including phenoxy) is 1. The number of nitrogens with one attached hydrogen (secondary N) is 2. The number of anilines is 1. The number of benzene rings is 1. The predicted molar refractivity (Wildman–Crippen MR) is 80.7 cm³/mol. The third-order valence-corrected chi connectivity index (χ3v) is 3.68. The van der Waals surface area contributed by atoms with E-state index in [-0.39, 0.29) is 0 Å². The molecule has 0 bridgehead atoms. The minimum Gasteiger partial charge on any atom is -0.385 e. The zero-order chi connectivity index (χ0) is 13.3. The van der Waals surface area contributed by atoms with E-state index < -0.39 is 0 Å². The number of fused-ring (bicyclic) bond motifs is 1. The van der Waals surface area contributed by atoms with Gasteiger partial charge in [0.05, 0.1) is 0 Å². The summed E-state index contributed by atoms with van der Waals surface area (Å²) in [5.41, 5.74) is 4.26. The number of unbranched alkanes of at least 4 members (excludes halogenated alkanes) is 2. The molecule has 106 valence electrons. The average molecular weight is 262 g/mol. The first-order valence-electron chi connectivity index (χ1n) is 7.46. The lowest BCUT2D eigenvalue weighted by atomic mass is 9.99. The Bertz CT molecular complexity index is 379. The fraction of sp³-hybridized carbons (Fsp3) is 0.625. The van der Waals surface area contributed by atoms with Crippen LogP contribution in [-0.4, -0.2) is 26.8 Å². The monoisotopic (exact) mass is 262 g/mol. The van der Waals surface area contributed by atoms with Crippen LogP contribution in [0.1, 0.15) is 36.8 Å². The van der Waals surface area contributed by atoms with E-state index in [1.54, 1.807) is 7.11 Å². The van der Waals surface area contributed by atoms with E-state index in [2.05, 4.69) is 28.8 Å². The minimum absolute atomic E-state index is 0.885. The van der Waals surface area contributed by atoms with E-state index in [4.69, 9.17) is 4.74 Å². The van der Waals surface area contributed by atoms with Crippen LogP contribution in [0.3, 0.4) is 0 Å². The molecule has 0 radical (unpaired) electrons. The highest BCUT2D eigenvalue weighted by Crippen LogP contribution is 2.25. The summed E-state index contributed by atoms with van der Waals surface area (Å²) in [7, 11) is 1.77. The van der Waals surface area contributed by atoms with Crippen LogP contribution >= 0.6 is 0 Å². The van der Waals surface area contributed by atoms with Gasteiger partial charge in [-0.25, -0.2) is 0 Å². The predicted octanol–water partition coefficient (Wildman–Crippen LogP) is 2.95. The minimum atomic E-state index is 0.885. The molecule has 1 aliphatic heterocycles. The van der Waals surface area contributed by atoms with E-state index in [0.29, 0.717) is 0 Å². The Morgan fingerprint density at radius 3 is 3.11 bits per heavy atom. The summed E-state index contributed by atoms with van der Waals surface area (Å²) >= 11 is 0. The number of aryl methyl sites for hydroxylation is 1. The van der Waals surface area contributed by atoms with Crippen molar-refractivity contribution >= 4 is 5.69 Å². The average Bonchev–Trinajstić information content (AvgIpc) is 2.46. The second-order valence-corrected chi connectivity index (χ2v) is 5.21. The molecule has 2 N–H and O–H groups in total. The number of hydrogen-bond donors (Lipinski definition) is 2. The largest absolute Gasteiger partial charge is 0.385 e. The lowest BCUT2D eigenvalue weighted by Crippen LogP contribution is -2.19. The molecule has 1 aliphatic rings. The van der Waals surface area contributed by atoms with Gasteiger partial charge in [-0.3, -0.25) is 0 Å². The van der Waals surface area contributed by atoms with Crippen molar-refractivity contribution < 1.29 is 4.74 Å². The van der Waals surface area contributed by atoms with E-state index >= 15 is 0 Å². The Morgan fingerprint density at radius 1 is 1.26 bits per heavy atom. The molecule has 0 fully saturated rings. The van der Waals surface area contributed by atoms with Gasteiger partial charge in [0.1, 0.15) is 0 Å². The highest BCUT2D eigenvalue weighted by atomic mass is 16.5. The SMILES string of the molecule is COCCCCCNCc1cccc2c1NCCC2. The van der Waals surface area contributed by atoms with E-state index in [1.807, 2.05) is 0 Å². The summed E-state index contributed by atoms with van der Waals surface area (Å²) < 4.78 is 5.05. The summed E-state index contributed by atoms with van der Waals surface area (Å²) in [6.07, 6.45) is 6.11. The van der Waals surface area contributed by atoms with Gasteiger partial charge in [0.15, 0.2) is 0 Å². The van der Waals surface area contributed by atoms with Crippen LogP contribution in [0.2, 0.25) is 0 Å². The normalized spacial score (nSPS) is 13.9. The summed E-state index contributed by atoms with van der Waals surface area (Å²) in [5, 5.41) is 7.09.